The molecule has 6 aliphatic carbocycles. The smallest absolute Gasteiger partial charge is 0.135 e. The number of benzene rings is 20. The van der Waals surface area contributed by atoms with Gasteiger partial charge in [0.15, 0.2) is 0 Å². The van der Waals surface area contributed by atoms with Crippen LogP contribution in [0.5, 0.6) is 34.5 Å². The average Bonchev–Trinajstić information content (AvgIpc) is 1.47. The normalized spacial score (nSPS) is 14.8. The lowest BCUT2D eigenvalue weighted by atomic mass is 9.66. The Morgan fingerprint density at radius 3 is 0.691 bits per heavy atom. The van der Waals surface area contributed by atoms with Gasteiger partial charge in [0, 0.05) is 33.4 Å². The first-order valence-corrected chi connectivity index (χ1v) is 53.1. The molecule has 0 bridgehead atoms. The average molecular weight is 1930 g/mol. The Morgan fingerprint density at radius 1 is 0.148 bits per heavy atom. The highest BCUT2D eigenvalue weighted by Crippen LogP contribution is 2.69. The monoisotopic (exact) mass is 1920 g/mol. The van der Waals surface area contributed by atoms with E-state index in [4.69, 9.17) is 14.2 Å². The van der Waals surface area contributed by atoms with E-state index >= 15 is 0 Å². The van der Waals surface area contributed by atoms with E-state index in [1.54, 1.807) is 0 Å². The highest BCUT2D eigenvalue weighted by molar-refractivity contribution is 5.98. The summed E-state index contributed by atoms with van der Waals surface area (Å²) in [6.45, 7) is 38.7. The summed E-state index contributed by atoms with van der Waals surface area (Å²) in [5.74, 6) is 5.72. The van der Waals surface area contributed by atoms with Crippen molar-refractivity contribution in [3.63, 3.8) is 0 Å². The van der Waals surface area contributed by atoms with E-state index in [-0.39, 0.29) is 48.7 Å². The molecule has 0 saturated carbocycles. The van der Waals surface area contributed by atoms with Crippen molar-refractivity contribution in [2.45, 2.75) is 166 Å². The van der Waals surface area contributed by atoms with Crippen LogP contribution in [-0.4, -0.2) is 0 Å². The molecule has 0 fully saturated rings. The third-order valence-corrected chi connectivity index (χ3v) is 33.7. The molecule has 3 aliphatic heterocycles. The fourth-order valence-electron chi connectivity index (χ4n) is 26.8. The summed E-state index contributed by atoms with van der Waals surface area (Å²) in [4.78, 5) is 0. The molecular formula is C146H124O3. The first kappa shape index (κ1) is 93.8. The first-order valence-electron chi connectivity index (χ1n) is 53.1. The first-order chi connectivity index (χ1) is 72.0. The lowest BCUT2D eigenvalue weighted by Crippen LogP contribution is -2.32. The molecule has 0 radical (unpaired) electrons. The van der Waals surface area contributed by atoms with Crippen LogP contribution < -0.4 is 14.2 Å². The maximum atomic E-state index is 6.42. The van der Waals surface area contributed by atoms with Gasteiger partial charge in [0.05, 0.1) is 27.1 Å². The molecule has 29 rings (SSSR count). The topological polar surface area (TPSA) is 27.7 Å². The van der Waals surface area contributed by atoms with Crippen LogP contribution in [0.1, 0.15) is 244 Å². The largest absolute Gasteiger partial charge is 0.457 e. The van der Waals surface area contributed by atoms with Gasteiger partial charge < -0.3 is 14.2 Å². The lowest BCUT2D eigenvalue weighted by Gasteiger charge is -2.39. The number of hydrogen-bond donors (Lipinski definition) is 0. The Bertz CT molecular complexity index is 8340. The van der Waals surface area contributed by atoms with Crippen LogP contribution in [0.3, 0.4) is 0 Å². The molecular weight excluding hydrogens is 1800 g/mol. The zero-order valence-corrected chi connectivity index (χ0v) is 88.4. The molecule has 0 atom stereocenters. The Labute approximate surface area is 879 Å². The number of fused-ring (bicyclic) bond motifs is 40. The fraction of sp³-hybridized carbons (Fsp3) is 0.178. The van der Waals surface area contributed by atoms with E-state index < -0.39 is 0 Å². The molecule has 3 nitrogen and oxygen atoms in total. The maximum Gasteiger partial charge on any atom is 0.135 e. The molecule has 9 aliphatic rings. The Morgan fingerprint density at radius 2 is 0.362 bits per heavy atom. The van der Waals surface area contributed by atoms with Gasteiger partial charge in [-0.1, -0.05) is 518 Å². The summed E-state index contributed by atoms with van der Waals surface area (Å²) in [7, 11) is 0. The van der Waals surface area contributed by atoms with E-state index in [2.05, 4.69) is 561 Å². The van der Waals surface area contributed by atoms with E-state index in [1.807, 2.05) is 0 Å². The van der Waals surface area contributed by atoms with Crippen molar-refractivity contribution in [2.24, 2.45) is 0 Å². The van der Waals surface area contributed by atoms with Crippen molar-refractivity contribution in [1.29, 1.82) is 0 Å². The van der Waals surface area contributed by atoms with Gasteiger partial charge in [-0.15, -0.1) is 0 Å². The fourth-order valence-corrected chi connectivity index (χ4v) is 26.8. The minimum atomic E-state index is -0.347. The van der Waals surface area contributed by atoms with Crippen LogP contribution in [0.25, 0.3) is 66.8 Å². The number of para-hydroxylation sites is 5. The Hall–Kier alpha value is -16.2. The summed E-state index contributed by atoms with van der Waals surface area (Å²) in [6, 6.07) is 163. The van der Waals surface area contributed by atoms with Crippen molar-refractivity contribution >= 4 is 0 Å². The predicted molar refractivity (Wildman–Crippen MR) is 616 cm³/mol. The second-order valence-corrected chi connectivity index (χ2v) is 46.6. The van der Waals surface area contributed by atoms with Crippen LogP contribution in [-0.2, 0) is 48.7 Å². The molecule has 20 aromatic carbocycles. The van der Waals surface area contributed by atoms with Gasteiger partial charge in [-0.3, -0.25) is 0 Å². The van der Waals surface area contributed by atoms with Crippen molar-refractivity contribution in [3.05, 3.63) is 604 Å². The van der Waals surface area contributed by atoms with Gasteiger partial charge in [0.1, 0.15) is 34.5 Å². The van der Waals surface area contributed by atoms with Gasteiger partial charge in [-0.25, -0.2) is 0 Å². The van der Waals surface area contributed by atoms with Gasteiger partial charge in [0.25, 0.3) is 0 Å². The second-order valence-electron chi connectivity index (χ2n) is 46.6. The standard InChI is InChI=1S/C34H34.C34H36.3C26H18O/c1-21-12-15-25-24-10-8-9-11-28(24)34(29(25)18-21)30-19-22(32(2,3)4)13-16-26(30)27-17-14-23(20-31(27)34)33(5,6)7;1-23-18-19-29-28-16-8-9-17-30(28)34(31(29)20-23,26-14-10-12-24(21-26)32(2,3)4)27-15-11-13-25(22-27)33(5,6)7;1-17-9-8-15-23-25(17)27-24-16-7-6-14-22(24)26(23)20-12-4-2-10-18(20)19-11-3-5-13-21(19)26;1-17-14-15-25-23(16-17)26(22-12-6-7-13-24(22)27-25)20-10-4-2-8-18(20)19-9-3-5-11-21(19)26;1-17-14-15-19-18-8-2-3-9-20(18)26(23(19)16-17)21-10-4-6-12-24(21)27-25-13-7-5-11-22(25)26/h8-20H,1-7H3;8-22H,1-7H3;3*2-16H,1H3. The second kappa shape index (κ2) is 34.7. The lowest BCUT2D eigenvalue weighted by molar-refractivity contribution is 0.433. The van der Waals surface area contributed by atoms with Gasteiger partial charge in [-0.05, 0) is 259 Å². The number of hydrogen-bond acceptors (Lipinski definition) is 3. The summed E-state index contributed by atoms with van der Waals surface area (Å²) < 4.78 is 19.1. The minimum absolute atomic E-state index is 0.0814. The SMILES string of the molecule is Cc1ccc2c(c1)C(c1cccc(C(C)(C)C)c1)(c1cccc(C(C)(C)C)c1)c1ccccc1-2.Cc1ccc2c(c1)C1(c3ccccc3-2)c2cc(C(C)(C)C)ccc2-c2ccc(C(C)(C)C)cc21.Cc1ccc2c(c1)C1(c3ccccc3O2)c2ccccc2-c2ccccc21.Cc1ccc2c(c1)C1(c3ccccc3Oc3ccccc31)c1ccccc1-2.Cc1cccc2c1Oc1ccccc1C21c2ccccc2-c2ccccc21. The van der Waals surface area contributed by atoms with Crippen LogP contribution in [0.4, 0.5) is 0 Å². The van der Waals surface area contributed by atoms with Crippen LogP contribution >= 0.6 is 0 Å². The Kier molecular flexibility index (Phi) is 21.9. The third-order valence-electron chi connectivity index (χ3n) is 33.7. The zero-order valence-electron chi connectivity index (χ0n) is 88.4. The van der Waals surface area contributed by atoms with Crippen LogP contribution in [0, 0.1) is 34.6 Å². The third kappa shape index (κ3) is 14.1. The molecule has 726 valence electrons. The molecule has 0 unspecified atom stereocenters. The summed E-state index contributed by atoms with van der Waals surface area (Å²) in [6.07, 6.45) is 0. The van der Waals surface area contributed by atoms with E-state index in [1.165, 1.54) is 228 Å². The van der Waals surface area contributed by atoms with Crippen LogP contribution in [0.15, 0.2) is 443 Å². The molecule has 3 heteroatoms. The number of aryl methyl sites for hydroxylation is 5. The van der Waals surface area contributed by atoms with E-state index in [0.29, 0.717) is 0 Å². The van der Waals surface area contributed by atoms with Crippen molar-refractivity contribution in [3.8, 4) is 101 Å². The van der Waals surface area contributed by atoms with E-state index in [0.717, 1.165) is 34.5 Å². The zero-order chi connectivity index (χ0) is 102. The van der Waals surface area contributed by atoms with Crippen molar-refractivity contribution in [1.82, 2.24) is 0 Å². The minimum Gasteiger partial charge on any atom is -0.457 e. The van der Waals surface area contributed by atoms with Gasteiger partial charge >= 0.3 is 0 Å². The van der Waals surface area contributed by atoms with Gasteiger partial charge in [-0.2, -0.15) is 0 Å². The molecule has 4 spiro atoms. The molecule has 20 aromatic rings. The summed E-state index contributed by atoms with van der Waals surface area (Å²) in [5.41, 5.74) is 53.4. The van der Waals surface area contributed by atoms with Crippen LogP contribution in [0.2, 0.25) is 0 Å². The Balaban J connectivity index is 0.0000000969. The highest BCUT2D eigenvalue weighted by Gasteiger charge is 2.57. The summed E-state index contributed by atoms with van der Waals surface area (Å²) >= 11 is 0. The van der Waals surface area contributed by atoms with Crippen molar-refractivity contribution < 1.29 is 14.2 Å². The van der Waals surface area contributed by atoms with E-state index in [9.17, 15) is 0 Å². The van der Waals surface area contributed by atoms with Gasteiger partial charge in [0.2, 0.25) is 0 Å². The molecule has 149 heavy (non-hydrogen) atoms. The number of ether oxygens (including phenoxy) is 3. The predicted octanol–water partition coefficient (Wildman–Crippen LogP) is 37.3. The van der Waals surface area contributed by atoms with Crippen molar-refractivity contribution in [2.75, 3.05) is 0 Å². The number of rotatable bonds is 2. The molecule has 0 N–H and O–H groups in total. The maximum absolute atomic E-state index is 6.42. The molecule has 3 heterocycles. The molecule has 0 amide bonds. The molecule has 0 saturated heterocycles. The summed E-state index contributed by atoms with van der Waals surface area (Å²) in [5, 5.41) is 0. The quantitative estimate of drug-likeness (QED) is 0.173. The highest BCUT2D eigenvalue weighted by atomic mass is 16.5. The molecule has 0 aromatic heterocycles.